The molecular weight excluding hydrogens is 301 g/mol. The number of hydrogen-bond acceptors (Lipinski definition) is 3. The van der Waals surface area contributed by atoms with Crippen molar-refractivity contribution >= 4 is 22.4 Å². The normalized spacial score (nSPS) is 13.9. The van der Waals surface area contributed by atoms with E-state index in [0.717, 1.165) is 47.4 Å². The van der Waals surface area contributed by atoms with Crippen molar-refractivity contribution < 1.29 is 4.39 Å². The van der Waals surface area contributed by atoms with E-state index >= 15 is 0 Å². The highest BCUT2D eigenvalue weighted by molar-refractivity contribution is 5.96. The fourth-order valence-corrected chi connectivity index (χ4v) is 2.86. The minimum absolute atomic E-state index is 0.228. The van der Waals surface area contributed by atoms with Crippen molar-refractivity contribution in [3.8, 4) is 0 Å². The molecule has 2 heterocycles. The molecule has 3 aromatic rings. The SMILES string of the molecule is Fc1ccccc1C1=CCC(CCc2cnc3ccccc3n2)=N1. The molecule has 4 rings (SSSR count). The Morgan fingerprint density at radius 3 is 2.58 bits per heavy atom. The molecule has 0 aliphatic carbocycles. The van der Waals surface area contributed by atoms with Crippen LogP contribution in [0, 0.1) is 5.82 Å². The minimum Gasteiger partial charge on any atom is -0.257 e. The quantitative estimate of drug-likeness (QED) is 0.706. The van der Waals surface area contributed by atoms with Crippen LogP contribution < -0.4 is 0 Å². The van der Waals surface area contributed by atoms with Crippen LogP contribution in [0.5, 0.6) is 0 Å². The summed E-state index contributed by atoms with van der Waals surface area (Å²) in [5, 5.41) is 0. The van der Waals surface area contributed by atoms with Crippen molar-refractivity contribution in [3.63, 3.8) is 0 Å². The molecule has 1 aliphatic heterocycles. The summed E-state index contributed by atoms with van der Waals surface area (Å²) in [6.07, 6.45) is 6.17. The number of aryl methyl sites for hydroxylation is 1. The Morgan fingerprint density at radius 1 is 0.917 bits per heavy atom. The molecule has 2 aromatic carbocycles. The summed E-state index contributed by atoms with van der Waals surface area (Å²) in [5.41, 5.74) is 5.13. The summed E-state index contributed by atoms with van der Waals surface area (Å²) in [6.45, 7) is 0. The number of nitrogens with zero attached hydrogens (tertiary/aromatic N) is 3. The lowest BCUT2D eigenvalue weighted by Crippen LogP contribution is -1.99. The number of rotatable bonds is 4. The smallest absolute Gasteiger partial charge is 0.132 e. The van der Waals surface area contributed by atoms with Crippen molar-refractivity contribution in [2.24, 2.45) is 4.99 Å². The van der Waals surface area contributed by atoms with Gasteiger partial charge in [0.2, 0.25) is 0 Å². The summed E-state index contributed by atoms with van der Waals surface area (Å²) < 4.78 is 13.8. The van der Waals surface area contributed by atoms with Gasteiger partial charge in [0.05, 0.1) is 22.4 Å². The molecule has 3 nitrogen and oxygen atoms in total. The van der Waals surface area contributed by atoms with Crippen LogP contribution in [0.25, 0.3) is 16.7 Å². The summed E-state index contributed by atoms with van der Waals surface area (Å²) in [7, 11) is 0. The maximum Gasteiger partial charge on any atom is 0.132 e. The van der Waals surface area contributed by atoms with Crippen molar-refractivity contribution in [1.82, 2.24) is 9.97 Å². The van der Waals surface area contributed by atoms with Gasteiger partial charge in [0.1, 0.15) is 5.82 Å². The molecule has 0 amide bonds. The first-order valence-electron chi connectivity index (χ1n) is 8.02. The first kappa shape index (κ1) is 14.7. The lowest BCUT2D eigenvalue weighted by atomic mass is 10.1. The van der Waals surface area contributed by atoms with E-state index in [1.807, 2.05) is 42.6 Å². The molecule has 0 N–H and O–H groups in total. The lowest BCUT2D eigenvalue weighted by Gasteiger charge is -2.03. The van der Waals surface area contributed by atoms with Crippen LogP contribution in [0.4, 0.5) is 4.39 Å². The van der Waals surface area contributed by atoms with E-state index < -0.39 is 0 Å². The molecule has 1 aromatic heterocycles. The van der Waals surface area contributed by atoms with E-state index in [4.69, 9.17) is 0 Å². The fourth-order valence-electron chi connectivity index (χ4n) is 2.86. The summed E-state index contributed by atoms with van der Waals surface area (Å²) in [6, 6.07) is 14.6. The zero-order chi connectivity index (χ0) is 16.4. The zero-order valence-corrected chi connectivity index (χ0v) is 13.1. The van der Waals surface area contributed by atoms with E-state index in [1.165, 1.54) is 6.07 Å². The molecular formula is C20H16FN3. The standard InChI is InChI=1S/C20H16FN3/c21-17-6-2-1-5-16(17)18-12-11-14(23-18)9-10-15-13-22-19-7-3-4-8-20(19)24-15/h1-8,12-13H,9-11H2. The Balaban J connectivity index is 1.46. The molecule has 118 valence electrons. The van der Waals surface area contributed by atoms with Gasteiger partial charge in [-0.3, -0.25) is 9.98 Å². The van der Waals surface area contributed by atoms with Crippen LogP contribution >= 0.6 is 0 Å². The molecule has 0 unspecified atom stereocenters. The number of hydrogen-bond donors (Lipinski definition) is 0. The molecule has 0 radical (unpaired) electrons. The second-order valence-corrected chi connectivity index (χ2v) is 5.80. The maximum atomic E-state index is 13.8. The lowest BCUT2D eigenvalue weighted by molar-refractivity contribution is 0.624. The second-order valence-electron chi connectivity index (χ2n) is 5.80. The Hall–Kier alpha value is -2.88. The molecule has 0 atom stereocenters. The molecule has 24 heavy (non-hydrogen) atoms. The number of aromatic nitrogens is 2. The van der Waals surface area contributed by atoms with Gasteiger partial charge in [0, 0.05) is 23.9 Å². The van der Waals surface area contributed by atoms with Crippen molar-refractivity contribution in [2.75, 3.05) is 0 Å². The van der Waals surface area contributed by atoms with E-state index in [0.29, 0.717) is 5.56 Å². The molecule has 4 heteroatoms. The van der Waals surface area contributed by atoms with Gasteiger partial charge in [-0.05, 0) is 37.1 Å². The monoisotopic (exact) mass is 317 g/mol. The number of fused-ring (bicyclic) bond motifs is 1. The van der Waals surface area contributed by atoms with Crippen LogP contribution in [0.1, 0.15) is 24.1 Å². The predicted octanol–water partition coefficient (Wildman–Crippen LogP) is 4.59. The number of allylic oxidation sites excluding steroid dienone is 1. The number of halogens is 1. The van der Waals surface area contributed by atoms with Crippen LogP contribution in [-0.4, -0.2) is 15.7 Å². The van der Waals surface area contributed by atoms with Crippen LogP contribution in [-0.2, 0) is 6.42 Å². The average Bonchev–Trinajstić information content (AvgIpc) is 3.09. The van der Waals surface area contributed by atoms with Gasteiger partial charge in [0.15, 0.2) is 0 Å². The third-order valence-corrected chi connectivity index (χ3v) is 4.13. The summed E-state index contributed by atoms with van der Waals surface area (Å²) in [5.74, 6) is -0.228. The maximum absolute atomic E-state index is 13.8. The highest BCUT2D eigenvalue weighted by Crippen LogP contribution is 2.25. The zero-order valence-electron chi connectivity index (χ0n) is 13.1. The number of para-hydroxylation sites is 2. The molecule has 0 bridgehead atoms. The van der Waals surface area contributed by atoms with Gasteiger partial charge < -0.3 is 0 Å². The third-order valence-electron chi connectivity index (χ3n) is 4.13. The van der Waals surface area contributed by atoms with Gasteiger partial charge in [-0.1, -0.05) is 30.3 Å². The van der Waals surface area contributed by atoms with E-state index in [9.17, 15) is 4.39 Å². The van der Waals surface area contributed by atoms with E-state index in [-0.39, 0.29) is 5.82 Å². The third kappa shape index (κ3) is 2.95. The Bertz CT molecular complexity index is 960. The minimum atomic E-state index is -0.228. The van der Waals surface area contributed by atoms with Crippen molar-refractivity contribution in [2.45, 2.75) is 19.3 Å². The van der Waals surface area contributed by atoms with Gasteiger partial charge >= 0.3 is 0 Å². The predicted molar refractivity (Wildman–Crippen MR) is 94.3 cm³/mol. The van der Waals surface area contributed by atoms with Crippen molar-refractivity contribution in [1.29, 1.82) is 0 Å². The topological polar surface area (TPSA) is 38.1 Å². The van der Waals surface area contributed by atoms with Crippen LogP contribution in [0.15, 0.2) is 65.8 Å². The molecule has 0 saturated heterocycles. The highest BCUT2D eigenvalue weighted by atomic mass is 19.1. The van der Waals surface area contributed by atoms with Gasteiger partial charge in [-0.25, -0.2) is 9.37 Å². The van der Waals surface area contributed by atoms with Gasteiger partial charge in [-0.2, -0.15) is 0 Å². The van der Waals surface area contributed by atoms with Crippen LogP contribution in [0.2, 0.25) is 0 Å². The van der Waals surface area contributed by atoms with Crippen LogP contribution in [0.3, 0.4) is 0 Å². The number of benzene rings is 2. The fraction of sp³-hybridized carbons (Fsp3) is 0.150. The molecule has 0 fully saturated rings. The van der Waals surface area contributed by atoms with E-state index in [1.54, 1.807) is 12.1 Å². The highest BCUT2D eigenvalue weighted by Gasteiger charge is 2.13. The van der Waals surface area contributed by atoms with Gasteiger partial charge in [-0.15, -0.1) is 0 Å². The van der Waals surface area contributed by atoms with Crippen molar-refractivity contribution in [3.05, 3.63) is 77.9 Å². The average molecular weight is 317 g/mol. The number of aliphatic imine (C=N–C) groups is 1. The first-order chi connectivity index (χ1) is 11.8. The Morgan fingerprint density at radius 2 is 1.71 bits per heavy atom. The molecule has 1 aliphatic rings. The molecule has 0 saturated carbocycles. The summed E-state index contributed by atoms with van der Waals surface area (Å²) in [4.78, 5) is 13.7. The van der Waals surface area contributed by atoms with Gasteiger partial charge in [0.25, 0.3) is 0 Å². The second kappa shape index (κ2) is 6.32. The Kier molecular flexibility index (Phi) is 3.87. The molecule has 0 spiro atoms. The Labute approximate surface area is 139 Å². The summed E-state index contributed by atoms with van der Waals surface area (Å²) >= 11 is 0. The first-order valence-corrected chi connectivity index (χ1v) is 8.02. The largest absolute Gasteiger partial charge is 0.257 e. The van der Waals surface area contributed by atoms with E-state index in [2.05, 4.69) is 15.0 Å².